The molecule has 0 spiro atoms. The standard InChI is InChI=1S/C12H14O5S/c1-9(2)12(14)17-7-8-18(15,16)11-5-3-10(13)4-6-11/h3-6,13H,1,7-8H2,2H3. The Hall–Kier alpha value is -1.82. The molecule has 5 nitrogen and oxygen atoms in total. The number of ether oxygens (including phenoxy) is 1. The van der Waals surface area contributed by atoms with Gasteiger partial charge in [-0.2, -0.15) is 0 Å². The number of hydrogen-bond acceptors (Lipinski definition) is 5. The van der Waals surface area contributed by atoms with Gasteiger partial charge in [-0.1, -0.05) is 6.58 Å². The number of aromatic hydroxyl groups is 1. The molecular weight excluding hydrogens is 256 g/mol. The van der Waals surface area contributed by atoms with Gasteiger partial charge < -0.3 is 9.84 Å². The molecule has 0 radical (unpaired) electrons. The number of carbonyl (C=O) groups is 1. The molecule has 0 amide bonds. The summed E-state index contributed by atoms with van der Waals surface area (Å²) in [5, 5.41) is 9.06. The van der Waals surface area contributed by atoms with E-state index in [1.807, 2.05) is 0 Å². The van der Waals surface area contributed by atoms with Gasteiger partial charge in [0, 0.05) is 5.57 Å². The largest absolute Gasteiger partial charge is 0.508 e. The molecule has 1 aromatic carbocycles. The number of benzene rings is 1. The van der Waals surface area contributed by atoms with E-state index < -0.39 is 15.8 Å². The van der Waals surface area contributed by atoms with Gasteiger partial charge in [-0.25, -0.2) is 13.2 Å². The van der Waals surface area contributed by atoms with Gasteiger partial charge >= 0.3 is 5.97 Å². The summed E-state index contributed by atoms with van der Waals surface area (Å²) in [6.45, 7) is 4.64. The molecule has 0 aliphatic carbocycles. The van der Waals surface area contributed by atoms with Crippen molar-refractivity contribution in [2.75, 3.05) is 12.4 Å². The Morgan fingerprint density at radius 2 is 1.89 bits per heavy atom. The van der Waals surface area contributed by atoms with E-state index in [9.17, 15) is 13.2 Å². The molecule has 0 bridgehead atoms. The van der Waals surface area contributed by atoms with Crippen molar-refractivity contribution < 1.29 is 23.1 Å². The van der Waals surface area contributed by atoms with Crippen LogP contribution in [0, 0.1) is 0 Å². The van der Waals surface area contributed by atoms with E-state index in [0.717, 1.165) is 0 Å². The van der Waals surface area contributed by atoms with Crippen LogP contribution < -0.4 is 0 Å². The summed E-state index contributed by atoms with van der Waals surface area (Å²) in [4.78, 5) is 11.1. The lowest BCUT2D eigenvalue weighted by molar-refractivity contribution is -0.138. The Labute approximate surface area is 106 Å². The highest BCUT2D eigenvalue weighted by Crippen LogP contribution is 2.15. The monoisotopic (exact) mass is 270 g/mol. The van der Waals surface area contributed by atoms with Gasteiger partial charge in [-0.05, 0) is 31.2 Å². The second-order valence-corrected chi connectivity index (χ2v) is 5.84. The molecule has 6 heteroatoms. The number of phenols is 1. The highest BCUT2D eigenvalue weighted by molar-refractivity contribution is 7.91. The van der Waals surface area contributed by atoms with E-state index in [4.69, 9.17) is 9.84 Å². The number of rotatable bonds is 5. The molecule has 1 aromatic rings. The van der Waals surface area contributed by atoms with Crippen molar-refractivity contribution in [2.45, 2.75) is 11.8 Å². The lowest BCUT2D eigenvalue weighted by Crippen LogP contribution is -2.15. The molecule has 0 saturated heterocycles. The maximum Gasteiger partial charge on any atom is 0.333 e. The first kappa shape index (κ1) is 14.2. The predicted octanol–water partition coefficient (Wildman–Crippen LogP) is 1.29. The number of phenolic OH excluding ortho intramolecular Hbond substituents is 1. The van der Waals surface area contributed by atoms with Crippen LogP contribution in [0.15, 0.2) is 41.3 Å². The summed E-state index contributed by atoms with van der Waals surface area (Å²) in [5.41, 5.74) is 0.219. The molecule has 0 atom stereocenters. The zero-order valence-corrected chi connectivity index (χ0v) is 10.7. The molecular formula is C12H14O5S. The van der Waals surface area contributed by atoms with Gasteiger partial charge in [0.15, 0.2) is 9.84 Å². The number of sulfone groups is 1. The van der Waals surface area contributed by atoms with Crippen LogP contribution >= 0.6 is 0 Å². The Balaban J connectivity index is 2.63. The first-order valence-corrected chi connectivity index (χ1v) is 6.82. The smallest absolute Gasteiger partial charge is 0.333 e. The lowest BCUT2D eigenvalue weighted by Gasteiger charge is -2.06. The Bertz CT molecular complexity index is 542. The number of esters is 1. The quantitative estimate of drug-likeness (QED) is 0.644. The second kappa shape index (κ2) is 5.68. The fourth-order valence-electron chi connectivity index (χ4n) is 1.14. The Kier molecular flexibility index (Phi) is 4.49. The minimum Gasteiger partial charge on any atom is -0.508 e. The Morgan fingerprint density at radius 1 is 1.33 bits per heavy atom. The van der Waals surface area contributed by atoms with E-state index in [1.54, 1.807) is 0 Å². The molecule has 98 valence electrons. The number of carbonyl (C=O) groups excluding carboxylic acids is 1. The molecule has 0 aliphatic rings. The van der Waals surface area contributed by atoms with Gasteiger partial charge in [0.05, 0.1) is 10.6 Å². The third-order valence-corrected chi connectivity index (χ3v) is 3.82. The van der Waals surface area contributed by atoms with Crippen molar-refractivity contribution in [3.63, 3.8) is 0 Å². The van der Waals surface area contributed by atoms with Crippen LogP contribution in [0.3, 0.4) is 0 Å². The molecule has 18 heavy (non-hydrogen) atoms. The van der Waals surface area contributed by atoms with Crippen LogP contribution in [0.2, 0.25) is 0 Å². The van der Waals surface area contributed by atoms with E-state index in [1.165, 1.54) is 31.2 Å². The third kappa shape index (κ3) is 3.89. The first-order valence-electron chi connectivity index (χ1n) is 5.17. The summed E-state index contributed by atoms with van der Waals surface area (Å²) in [7, 11) is -3.52. The fraction of sp³-hybridized carbons (Fsp3) is 0.250. The average molecular weight is 270 g/mol. The number of hydrogen-bond donors (Lipinski definition) is 1. The van der Waals surface area contributed by atoms with E-state index in [2.05, 4.69) is 6.58 Å². The van der Waals surface area contributed by atoms with Crippen LogP contribution in [-0.4, -0.2) is 31.9 Å². The predicted molar refractivity (Wildman–Crippen MR) is 65.9 cm³/mol. The van der Waals surface area contributed by atoms with E-state index in [0.29, 0.717) is 0 Å². The van der Waals surface area contributed by atoms with Gasteiger partial charge in [-0.15, -0.1) is 0 Å². The maximum atomic E-state index is 11.8. The fourth-order valence-corrected chi connectivity index (χ4v) is 2.23. The van der Waals surface area contributed by atoms with Crippen molar-refractivity contribution in [1.82, 2.24) is 0 Å². The molecule has 1 N–H and O–H groups in total. The van der Waals surface area contributed by atoms with Crippen molar-refractivity contribution in [3.05, 3.63) is 36.4 Å². The zero-order valence-electron chi connectivity index (χ0n) is 9.92. The normalized spacial score (nSPS) is 10.9. The second-order valence-electron chi connectivity index (χ2n) is 3.73. The van der Waals surface area contributed by atoms with Crippen LogP contribution in [0.25, 0.3) is 0 Å². The summed E-state index contributed by atoms with van der Waals surface area (Å²) < 4.78 is 28.3. The maximum absolute atomic E-state index is 11.8. The highest BCUT2D eigenvalue weighted by atomic mass is 32.2. The van der Waals surface area contributed by atoms with Crippen LogP contribution in [-0.2, 0) is 19.4 Å². The van der Waals surface area contributed by atoms with Gasteiger partial charge in [0.25, 0.3) is 0 Å². The van der Waals surface area contributed by atoms with Crippen molar-refractivity contribution >= 4 is 15.8 Å². The average Bonchev–Trinajstić information content (AvgIpc) is 2.29. The van der Waals surface area contributed by atoms with Crippen LogP contribution in [0.5, 0.6) is 5.75 Å². The summed E-state index contributed by atoms with van der Waals surface area (Å²) in [6, 6.07) is 5.16. The van der Waals surface area contributed by atoms with Gasteiger partial charge in [0.1, 0.15) is 12.4 Å². The minimum absolute atomic E-state index is 0.0114. The van der Waals surface area contributed by atoms with E-state index in [-0.39, 0.29) is 28.6 Å². The van der Waals surface area contributed by atoms with Crippen molar-refractivity contribution in [1.29, 1.82) is 0 Å². The molecule has 0 fully saturated rings. The van der Waals surface area contributed by atoms with Crippen LogP contribution in [0.4, 0.5) is 0 Å². The minimum atomic E-state index is -3.52. The van der Waals surface area contributed by atoms with Crippen molar-refractivity contribution in [2.24, 2.45) is 0 Å². The van der Waals surface area contributed by atoms with Crippen LogP contribution in [0.1, 0.15) is 6.92 Å². The lowest BCUT2D eigenvalue weighted by atomic mass is 10.3. The van der Waals surface area contributed by atoms with Gasteiger partial charge in [0.2, 0.25) is 0 Å². The summed E-state index contributed by atoms with van der Waals surface area (Å²) in [6.07, 6.45) is 0. The molecule has 0 unspecified atom stereocenters. The zero-order chi connectivity index (χ0) is 13.8. The van der Waals surface area contributed by atoms with Gasteiger partial charge in [-0.3, -0.25) is 0 Å². The summed E-state index contributed by atoms with van der Waals surface area (Å²) in [5.74, 6) is -0.935. The molecule has 1 rings (SSSR count). The SMILES string of the molecule is C=C(C)C(=O)OCCS(=O)(=O)c1ccc(O)cc1. The first-order chi connectivity index (χ1) is 8.33. The van der Waals surface area contributed by atoms with Crippen molar-refractivity contribution in [3.8, 4) is 5.75 Å². The molecule has 0 heterocycles. The molecule has 0 aliphatic heterocycles. The summed E-state index contributed by atoms with van der Waals surface area (Å²) >= 11 is 0. The highest BCUT2D eigenvalue weighted by Gasteiger charge is 2.15. The topological polar surface area (TPSA) is 80.7 Å². The Morgan fingerprint density at radius 3 is 2.39 bits per heavy atom. The molecule has 0 saturated carbocycles. The third-order valence-electron chi connectivity index (χ3n) is 2.13. The molecule has 0 aromatic heterocycles. The van der Waals surface area contributed by atoms with E-state index >= 15 is 0 Å².